The zero-order valence-corrected chi connectivity index (χ0v) is 25.5. The summed E-state index contributed by atoms with van der Waals surface area (Å²) in [6, 6.07) is 0. The van der Waals surface area contributed by atoms with E-state index in [0.717, 1.165) is 25.7 Å². The lowest BCUT2D eigenvalue weighted by Crippen LogP contribution is -2.30. The van der Waals surface area contributed by atoms with Gasteiger partial charge in [0.25, 0.3) is 0 Å². The van der Waals surface area contributed by atoms with Gasteiger partial charge >= 0.3 is 0 Å². The van der Waals surface area contributed by atoms with E-state index < -0.39 is 9.87 Å². The highest BCUT2D eigenvalue weighted by atomic mass is 32.2. The molecule has 3 heteroatoms. The molecule has 0 bridgehead atoms. The van der Waals surface area contributed by atoms with Crippen LogP contribution in [0.2, 0.25) is 0 Å². The van der Waals surface area contributed by atoms with Crippen molar-refractivity contribution in [3.05, 3.63) is 0 Å². The second kappa shape index (κ2) is 24.6. The van der Waals surface area contributed by atoms with Gasteiger partial charge in [-0.05, 0) is 39.5 Å². The quantitative estimate of drug-likeness (QED) is 0.0805. The lowest BCUT2D eigenvalue weighted by molar-refractivity contribution is 0.110. The number of unbranched alkanes of at least 4 members (excludes halogenated alkanes) is 22. The van der Waals surface area contributed by atoms with Crippen LogP contribution >= 0.6 is 11.8 Å². The normalized spacial score (nSPS) is 15.3. The maximum atomic E-state index is 10.8. The summed E-state index contributed by atoms with van der Waals surface area (Å²) < 4.78 is 0. The largest absolute Gasteiger partial charge is 0.380 e. The predicted molar refractivity (Wildman–Crippen MR) is 160 cm³/mol. The third kappa shape index (κ3) is 27.1. The third-order valence-corrected chi connectivity index (χ3v) is 8.72. The first kappa shape index (κ1) is 35.3. The highest BCUT2D eigenvalue weighted by molar-refractivity contribution is 8.01. The fourth-order valence-corrected chi connectivity index (χ4v) is 6.60. The average molecular weight is 515 g/mol. The van der Waals surface area contributed by atoms with Crippen LogP contribution in [0.3, 0.4) is 0 Å². The summed E-state index contributed by atoms with van der Waals surface area (Å²) in [5, 5.41) is 21.6. The van der Waals surface area contributed by atoms with E-state index in [9.17, 15) is 10.2 Å². The molecule has 212 valence electrons. The van der Waals surface area contributed by atoms with E-state index in [1.165, 1.54) is 153 Å². The fraction of sp³-hybridized carbons (Fsp3) is 1.00. The van der Waals surface area contributed by atoms with Crippen molar-refractivity contribution in [1.82, 2.24) is 0 Å². The number of thioether (sulfide) groups is 1. The minimum Gasteiger partial charge on any atom is -0.380 e. The van der Waals surface area contributed by atoms with Gasteiger partial charge in [-0.25, -0.2) is 0 Å². The lowest BCUT2D eigenvalue weighted by atomic mass is 10.0. The Morgan fingerprint density at radius 2 is 0.571 bits per heavy atom. The molecule has 0 saturated heterocycles. The van der Waals surface area contributed by atoms with E-state index in [4.69, 9.17) is 0 Å². The van der Waals surface area contributed by atoms with Gasteiger partial charge in [0, 0.05) is 0 Å². The number of hydrogen-bond acceptors (Lipinski definition) is 3. The highest BCUT2D eigenvalue weighted by Crippen LogP contribution is 2.39. The van der Waals surface area contributed by atoms with Crippen LogP contribution in [0.4, 0.5) is 0 Å². The monoisotopic (exact) mass is 514 g/mol. The van der Waals surface area contributed by atoms with E-state index >= 15 is 0 Å². The Morgan fingerprint density at radius 3 is 0.800 bits per heavy atom. The van der Waals surface area contributed by atoms with E-state index in [2.05, 4.69) is 13.8 Å². The Hall–Kier alpha value is 0.270. The molecular formula is C32H66O2S. The first-order valence-corrected chi connectivity index (χ1v) is 16.8. The molecule has 0 heterocycles. The summed E-state index contributed by atoms with van der Waals surface area (Å²) in [7, 11) is 0. The van der Waals surface area contributed by atoms with Gasteiger partial charge in [-0.1, -0.05) is 167 Å². The Labute approximate surface area is 226 Å². The minimum absolute atomic E-state index is 0.781. The van der Waals surface area contributed by atoms with Crippen LogP contribution in [0.25, 0.3) is 0 Å². The summed E-state index contributed by atoms with van der Waals surface area (Å²) in [6.07, 6.45) is 33.6. The average Bonchev–Trinajstić information content (AvgIpc) is 2.79. The summed E-state index contributed by atoms with van der Waals surface area (Å²) in [5.74, 6) is 0. The first-order valence-electron chi connectivity index (χ1n) is 16.0. The molecule has 0 aromatic carbocycles. The Morgan fingerprint density at radius 1 is 0.371 bits per heavy atom. The van der Waals surface area contributed by atoms with Crippen LogP contribution in [-0.4, -0.2) is 20.1 Å². The van der Waals surface area contributed by atoms with E-state index in [1.54, 1.807) is 0 Å². The molecule has 0 rings (SSSR count). The zero-order chi connectivity index (χ0) is 26.1. The SMILES string of the molecule is CCCCCCCCCCCCCCC(C)(O)SC(C)(O)CCCCCCCCCCCCCC. The standard InChI is InChI=1S/C32H66O2S/c1-5-7-9-11-13-15-17-19-21-23-25-27-29-31(3,33)35-32(4,34)30-28-26-24-22-20-18-16-14-12-10-8-6-2/h33-34H,5-30H2,1-4H3. The molecule has 0 aliphatic rings. The van der Waals surface area contributed by atoms with Gasteiger partial charge < -0.3 is 10.2 Å². The molecule has 0 aromatic heterocycles. The topological polar surface area (TPSA) is 40.5 Å². The van der Waals surface area contributed by atoms with Crippen molar-refractivity contribution in [2.45, 2.75) is 205 Å². The van der Waals surface area contributed by atoms with Crippen LogP contribution in [0, 0.1) is 0 Å². The summed E-state index contributed by atoms with van der Waals surface area (Å²) in [6.45, 7) is 8.35. The summed E-state index contributed by atoms with van der Waals surface area (Å²) in [5.41, 5.74) is 0. The molecule has 0 aliphatic carbocycles. The number of hydrogen-bond donors (Lipinski definition) is 2. The molecule has 0 aliphatic heterocycles. The van der Waals surface area contributed by atoms with Gasteiger partial charge in [0.15, 0.2) is 0 Å². The highest BCUT2D eigenvalue weighted by Gasteiger charge is 2.32. The molecule has 0 amide bonds. The molecule has 0 aromatic rings. The Balaban J connectivity index is 3.60. The second-order valence-corrected chi connectivity index (χ2v) is 13.7. The van der Waals surface area contributed by atoms with Gasteiger partial charge in [0.1, 0.15) is 9.87 Å². The van der Waals surface area contributed by atoms with Crippen molar-refractivity contribution in [3.8, 4) is 0 Å². The molecule has 0 radical (unpaired) electrons. The smallest absolute Gasteiger partial charge is 0.110 e. The lowest BCUT2D eigenvalue weighted by Gasteiger charge is -2.32. The Bertz CT molecular complexity index is 384. The van der Waals surface area contributed by atoms with Crippen molar-refractivity contribution < 1.29 is 10.2 Å². The zero-order valence-electron chi connectivity index (χ0n) is 24.7. The first-order chi connectivity index (χ1) is 16.8. The molecule has 0 fully saturated rings. The maximum Gasteiger partial charge on any atom is 0.110 e. The van der Waals surface area contributed by atoms with Crippen molar-refractivity contribution in [1.29, 1.82) is 0 Å². The Kier molecular flexibility index (Phi) is 24.8. The van der Waals surface area contributed by atoms with E-state index in [0.29, 0.717) is 0 Å². The molecule has 35 heavy (non-hydrogen) atoms. The maximum absolute atomic E-state index is 10.8. The van der Waals surface area contributed by atoms with Crippen molar-refractivity contribution in [3.63, 3.8) is 0 Å². The van der Waals surface area contributed by atoms with Crippen LogP contribution < -0.4 is 0 Å². The fourth-order valence-electron chi connectivity index (χ4n) is 5.16. The van der Waals surface area contributed by atoms with Crippen LogP contribution in [0.15, 0.2) is 0 Å². The van der Waals surface area contributed by atoms with Gasteiger partial charge in [-0.15, -0.1) is 0 Å². The van der Waals surface area contributed by atoms with Crippen molar-refractivity contribution in [2.24, 2.45) is 0 Å². The minimum atomic E-state index is -0.820. The van der Waals surface area contributed by atoms with Crippen LogP contribution in [0.1, 0.15) is 195 Å². The molecule has 2 N–H and O–H groups in total. The van der Waals surface area contributed by atoms with Crippen LogP contribution in [-0.2, 0) is 0 Å². The molecule has 0 spiro atoms. The predicted octanol–water partition coefficient (Wildman–Crippen LogP) is 11.3. The number of aliphatic hydroxyl groups is 2. The van der Waals surface area contributed by atoms with Gasteiger partial charge in [0.2, 0.25) is 0 Å². The van der Waals surface area contributed by atoms with E-state index in [1.807, 2.05) is 13.8 Å². The molecule has 0 saturated carbocycles. The molecule has 2 unspecified atom stereocenters. The van der Waals surface area contributed by atoms with Gasteiger partial charge in [0.05, 0.1) is 0 Å². The number of rotatable bonds is 28. The summed E-state index contributed by atoms with van der Waals surface area (Å²) in [4.78, 5) is -1.64. The second-order valence-electron chi connectivity index (χ2n) is 11.7. The third-order valence-electron chi connectivity index (χ3n) is 7.43. The van der Waals surface area contributed by atoms with Crippen molar-refractivity contribution in [2.75, 3.05) is 0 Å². The molecule has 2 atom stereocenters. The summed E-state index contributed by atoms with van der Waals surface area (Å²) >= 11 is 1.38. The van der Waals surface area contributed by atoms with E-state index in [-0.39, 0.29) is 0 Å². The van der Waals surface area contributed by atoms with Gasteiger partial charge in [-0.3, -0.25) is 0 Å². The molecule has 2 nitrogen and oxygen atoms in total. The van der Waals surface area contributed by atoms with Crippen molar-refractivity contribution >= 4 is 11.8 Å². The molecular weight excluding hydrogens is 448 g/mol. The van der Waals surface area contributed by atoms with Crippen LogP contribution in [0.5, 0.6) is 0 Å². The van der Waals surface area contributed by atoms with Gasteiger partial charge in [-0.2, -0.15) is 0 Å².